The van der Waals surface area contributed by atoms with Crippen LogP contribution in [0.1, 0.15) is 11.1 Å². The number of guanidine groups is 1. The highest BCUT2D eigenvalue weighted by atomic mass is 19.4. The SMILES string of the molecule is CN=C(NCCc1ccc(-n2cccn2)cc1)NCc1ccc(OCC(F)(F)F)nc1. The minimum Gasteiger partial charge on any atom is -0.468 e. The summed E-state index contributed by atoms with van der Waals surface area (Å²) in [6, 6.07) is 13.1. The second kappa shape index (κ2) is 10.5. The minimum atomic E-state index is -4.39. The molecule has 0 unspecified atom stereocenters. The number of halogens is 3. The molecule has 0 saturated heterocycles. The molecule has 0 aliphatic rings. The van der Waals surface area contributed by atoms with Crippen molar-refractivity contribution in [3.63, 3.8) is 0 Å². The van der Waals surface area contributed by atoms with Crippen LogP contribution in [-0.2, 0) is 13.0 Å². The molecule has 0 atom stereocenters. The third-order valence-corrected chi connectivity index (χ3v) is 4.28. The first-order valence-corrected chi connectivity index (χ1v) is 9.61. The van der Waals surface area contributed by atoms with Crippen LogP contribution in [0, 0.1) is 0 Å². The van der Waals surface area contributed by atoms with E-state index in [1.54, 1.807) is 24.0 Å². The lowest BCUT2D eigenvalue weighted by molar-refractivity contribution is -0.154. The average molecular weight is 432 g/mol. The maximum Gasteiger partial charge on any atom is 0.422 e. The molecule has 3 aromatic rings. The van der Waals surface area contributed by atoms with E-state index in [1.165, 1.54) is 17.8 Å². The number of hydrogen-bond acceptors (Lipinski definition) is 4. The number of nitrogens with zero attached hydrogens (tertiary/aromatic N) is 4. The average Bonchev–Trinajstić information content (AvgIpc) is 3.30. The van der Waals surface area contributed by atoms with Crippen LogP contribution in [0.3, 0.4) is 0 Å². The lowest BCUT2D eigenvalue weighted by atomic mass is 10.1. The standard InChI is InChI=1S/C21H23F3N6O/c1-25-20(28-14-17-5-8-19(27-13-17)31-15-21(22,23)24)26-11-9-16-3-6-18(7-4-16)30-12-2-10-29-30/h2-8,10,12-13H,9,11,14-15H2,1H3,(H2,25,26,28). The first-order chi connectivity index (χ1) is 14.9. The summed E-state index contributed by atoms with van der Waals surface area (Å²) in [4.78, 5) is 8.05. The molecule has 0 saturated carbocycles. The molecule has 1 aromatic carbocycles. The molecule has 0 bridgehead atoms. The molecule has 31 heavy (non-hydrogen) atoms. The maximum absolute atomic E-state index is 12.2. The molecule has 10 heteroatoms. The molecule has 0 fully saturated rings. The van der Waals surface area contributed by atoms with Crippen molar-refractivity contribution in [2.24, 2.45) is 4.99 Å². The summed E-state index contributed by atoms with van der Waals surface area (Å²) in [5.41, 5.74) is 2.97. The van der Waals surface area contributed by atoms with E-state index in [-0.39, 0.29) is 5.88 Å². The van der Waals surface area contributed by atoms with Crippen LogP contribution < -0.4 is 15.4 Å². The Morgan fingerprint density at radius 2 is 1.87 bits per heavy atom. The van der Waals surface area contributed by atoms with Crippen LogP contribution in [0.4, 0.5) is 13.2 Å². The molecule has 2 heterocycles. The van der Waals surface area contributed by atoms with Gasteiger partial charge in [0.2, 0.25) is 5.88 Å². The number of benzene rings is 1. The highest BCUT2D eigenvalue weighted by molar-refractivity contribution is 5.79. The van der Waals surface area contributed by atoms with Gasteiger partial charge in [-0.05, 0) is 35.7 Å². The Morgan fingerprint density at radius 3 is 2.48 bits per heavy atom. The Labute approximate surface area is 178 Å². The Kier molecular flexibility index (Phi) is 7.47. The van der Waals surface area contributed by atoms with Gasteiger partial charge < -0.3 is 15.4 Å². The van der Waals surface area contributed by atoms with E-state index in [4.69, 9.17) is 0 Å². The number of nitrogens with one attached hydrogen (secondary N) is 2. The van der Waals surface area contributed by atoms with Gasteiger partial charge in [-0.1, -0.05) is 18.2 Å². The zero-order valence-corrected chi connectivity index (χ0v) is 16.9. The van der Waals surface area contributed by atoms with Gasteiger partial charge in [0.25, 0.3) is 0 Å². The van der Waals surface area contributed by atoms with Crippen LogP contribution in [0.25, 0.3) is 5.69 Å². The van der Waals surface area contributed by atoms with Crippen molar-refractivity contribution in [3.8, 4) is 11.6 Å². The van der Waals surface area contributed by atoms with Crippen LogP contribution in [0.2, 0.25) is 0 Å². The number of hydrogen-bond donors (Lipinski definition) is 2. The van der Waals surface area contributed by atoms with Gasteiger partial charge in [0, 0.05) is 44.8 Å². The molecule has 0 amide bonds. The maximum atomic E-state index is 12.2. The predicted octanol–water partition coefficient (Wildman–Crippen LogP) is 3.12. The van der Waals surface area contributed by atoms with E-state index in [0.29, 0.717) is 19.0 Å². The normalized spacial score (nSPS) is 11.9. The van der Waals surface area contributed by atoms with E-state index in [9.17, 15) is 13.2 Å². The Morgan fingerprint density at radius 1 is 1.10 bits per heavy atom. The molecule has 0 spiro atoms. The van der Waals surface area contributed by atoms with Gasteiger partial charge in [0.15, 0.2) is 12.6 Å². The van der Waals surface area contributed by atoms with Crippen molar-refractivity contribution in [2.45, 2.75) is 19.1 Å². The summed E-state index contributed by atoms with van der Waals surface area (Å²) < 4.78 is 42.9. The number of aromatic nitrogens is 3. The number of ether oxygens (including phenoxy) is 1. The largest absolute Gasteiger partial charge is 0.468 e. The highest BCUT2D eigenvalue weighted by Gasteiger charge is 2.28. The summed E-state index contributed by atoms with van der Waals surface area (Å²) in [5.74, 6) is 0.549. The molecular weight excluding hydrogens is 409 g/mol. The van der Waals surface area contributed by atoms with Gasteiger partial charge in [-0.2, -0.15) is 18.3 Å². The molecule has 164 valence electrons. The lowest BCUT2D eigenvalue weighted by Crippen LogP contribution is -2.37. The van der Waals surface area contributed by atoms with Crippen molar-refractivity contribution in [1.82, 2.24) is 25.4 Å². The predicted molar refractivity (Wildman–Crippen MR) is 111 cm³/mol. The fraction of sp³-hybridized carbons (Fsp3) is 0.286. The van der Waals surface area contributed by atoms with E-state index in [0.717, 1.165) is 17.7 Å². The first kappa shape index (κ1) is 22.1. The molecule has 3 rings (SSSR count). The first-order valence-electron chi connectivity index (χ1n) is 9.61. The third kappa shape index (κ3) is 7.32. The van der Waals surface area contributed by atoms with E-state index in [1.807, 2.05) is 24.4 Å². The molecule has 0 aliphatic carbocycles. The summed E-state index contributed by atoms with van der Waals surface area (Å²) in [7, 11) is 1.67. The van der Waals surface area contributed by atoms with Crippen molar-refractivity contribution in [2.75, 3.05) is 20.2 Å². The van der Waals surface area contributed by atoms with Gasteiger partial charge >= 0.3 is 6.18 Å². The second-order valence-corrected chi connectivity index (χ2v) is 6.63. The molecule has 2 aromatic heterocycles. The quantitative estimate of drug-likeness (QED) is 0.423. The Balaban J connectivity index is 1.40. The summed E-state index contributed by atoms with van der Waals surface area (Å²) in [5, 5.41) is 10.6. The fourth-order valence-corrected chi connectivity index (χ4v) is 2.73. The lowest BCUT2D eigenvalue weighted by Gasteiger charge is -2.12. The monoisotopic (exact) mass is 432 g/mol. The smallest absolute Gasteiger partial charge is 0.422 e. The van der Waals surface area contributed by atoms with Gasteiger partial charge in [-0.15, -0.1) is 0 Å². The molecule has 2 N–H and O–H groups in total. The molecular formula is C21H23F3N6O. The van der Waals surface area contributed by atoms with Crippen LogP contribution in [0.15, 0.2) is 66.0 Å². The van der Waals surface area contributed by atoms with Gasteiger partial charge in [0.05, 0.1) is 5.69 Å². The van der Waals surface area contributed by atoms with Crippen molar-refractivity contribution in [3.05, 3.63) is 72.2 Å². The fourth-order valence-electron chi connectivity index (χ4n) is 2.73. The van der Waals surface area contributed by atoms with Gasteiger partial charge in [-0.25, -0.2) is 9.67 Å². The molecule has 7 nitrogen and oxygen atoms in total. The van der Waals surface area contributed by atoms with Gasteiger partial charge in [0.1, 0.15) is 0 Å². The number of rotatable bonds is 8. The minimum absolute atomic E-state index is 0.0674. The second-order valence-electron chi connectivity index (χ2n) is 6.63. The zero-order chi connectivity index (χ0) is 22.1. The number of alkyl halides is 3. The molecule has 0 aliphatic heterocycles. The number of aliphatic imine (C=N–C) groups is 1. The van der Waals surface area contributed by atoms with Crippen molar-refractivity contribution >= 4 is 5.96 Å². The van der Waals surface area contributed by atoms with Crippen LogP contribution in [-0.4, -0.2) is 47.1 Å². The highest BCUT2D eigenvalue weighted by Crippen LogP contribution is 2.17. The number of pyridine rings is 1. The Hall–Kier alpha value is -3.56. The van der Waals surface area contributed by atoms with E-state index >= 15 is 0 Å². The zero-order valence-electron chi connectivity index (χ0n) is 16.9. The Bertz CT molecular complexity index is 954. The topological polar surface area (TPSA) is 76.4 Å². The summed E-state index contributed by atoms with van der Waals surface area (Å²) in [6.45, 7) is -0.256. The van der Waals surface area contributed by atoms with E-state index in [2.05, 4.69) is 42.6 Å². The van der Waals surface area contributed by atoms with Crippen molar-refractivity contribution < 1.29 is 17.9 Å². The summed E-state index contributed by atoms with van der Waals surface area (Å²) >= 11 is 0. The van der Waals surface area contributed by atoms with Crippen molar-refractivity contribution in [1.29, 1.82) is 0 Å². The van der Waals surface area contributed by atoms with Gasteiger partial charge in [-0.3, -0.25) is 4.99 Å². The van der Waals surface area contributed by atoms with E-state index < -0.39 is 12.8 Å². The van der Waals surface area contributed by atoms with Crippen LogP contribution in [0.5, 0.6) is 5.88 Å². The molecule has 0 radical (unpaired) electrons. The third-order valence-electron chi connectivity index (χ3n) is 4.28. The van der Waals surface area contributed by atoms with Crippen LogP contribution >= 0.6 is 0 Å². The summed E-state index contributed by atoms with van der Waals surface area (Å²) in [6.07, 6.45) is 1.52.